The molecule has 0 amide bonds. The van der Waals surface area contributed by atoms with Gasteiger partial charge in [-0.25, -0.2) is 0 Å². The smallest absolute Gasteiger partial charge is 0.0591 e. The number of allylic oxidation sites excluding steroid dienone is 3. The van der Waals surface area contributed by atoms with E-state index >= 15 is 0 Å². The van der Waals surface area contributed by atoms with Gasteiger partial charge >= 0.3 is 0 Å². The third kappa shape index (κ3) is 2.40. The summed E-state index contributed by atoms with van der Waals surface area (Å²) in [4.78, 5) is 0. The zero-order chi connectivity index (χ0) is 16.0. The number of para-hydroxylation sites is 1. The van der Waals surface area contributed by atoms with Gasteiger partial charge in [0.2, 0.25) is 0 Å². The van der Waals surface area contributed by atoms with Crippen molar-refractivity contribution in [2.24, 2.45) is 5.92 Å². The number of halogens is 1. The first kappa shape index (κ1) is 14.6. The molecule has 23 heavy (non-hydrogen) atoms. The summed E-state index contributed by atoms with van der Waals surface area (Å²) in [6.45, 7) is 4.42. The third-order valence-electron chi connectivity index (χ3n) is 5.03. The van der Waals surface area contributed by atoms with Gasteiger partial charge in [0.1, 0.15) is 0 Å². The Hall–Kier alpha value is -1.99. The number of rotatable bonds is 1. The van der Waals surface area contributed by atoms with Gasteiger partial charge in [0.05, 0.1) is 6.04 Å². The number of hydrogen-bond donors (Lipinski definition) is 1. The van der Waals surface area contributed by atoms with E-state index in [2.05, 4.69) is 67.7 Å². The Bertz CT molecular complexity index is 797. The Morgan fingerprint density at radius 2 is 1.74 bits per heavy atom. The molecule has 1 nitrogen and oxygen atoms in total. The lowest BCUT2D eigenvalue weighted by atomic mass is 9.74. The van der Waals surface area contributed by atoms with E-state index in [0.29, 0.717) is 11.8 Å². The average Bonchev–Trinajstić information content (AvgIpc) is 3.00. The van der Waals surface area contributed by atoms with Crippen LogP contribution < -0.4 is 5.32 Å². The van der Waals surface area contributed by atoms with Gasteiger partial charge < -0.3 is 5.32 Å². The van der Waals surface area contributed by atoms with E-state index in [-0.39, 0.29) is 6.04 Å². The number of hydrogen-bond acceptors (Lipinski definition) is 1. The second-order valence-electron chi connectivity index (χ2n) is 6.63. The Morgan fingerprint density at radius 3 is 2.48 bits per heavy atom. The quantitative estimate of drug-likeness (QED) is 0.668. The lowest BCUT2D eigenvalue weighted by Gasteiger charge is -2.38. The highest BCUT2D eigenvalue weighted by atomic mass is 35.5. The predicted molar refractivity (Wildman–Crippen MR) is 98.0 cm³/mol. The largest absolute Gasteiger partial charge is 0.377 e. The molecular formula is C21H20ClN. The second-order valence-corrected chi connectivity index (χ2v) is 7.06. The number of benzene rings is 2. The lowest BCUT2D eigenvalue weighted by molar-refractivity contribution is 0.482. The summed E-state index contributed by atoms with van der Waals surface area (Å²) < 4.78 is 0. The normalized spacial score (nSPS) is 24.8. The maximum Gasteiger partial charge on any atom is 0.0591 e. The van der Waals surface area contributed by atoms with Gasteiger partial charge in [-0.1, -0.05) is 59.7 Å². The lowest BCUT2D eigenvalue weighted by Crippen LogP contribution is -2.30. The Kier molecular flexibility index (Phi) is 3.54. The van der Waals surface area contributed by atoms with E-state index in [1.807, 2.05) is 12.1 Å². The minimum absolute atomic E-state index is 0.270. The van der Waals surface area contributed by atoms with Crippen LogP contribution in [0.25, 0.3) is 0 Å². The maximum atomic E-state index is 6.08. The molecule has 0 spiro atoms. The molecule has 0 saturated heterocycles. The molecule has 3 unspecified atom stereocenters. The van der Waals surface area contributed by atoms with Crippen LogP contribution in [0.15, 0.2) is 71.8 Å². The summed E-state index contributed by atoms with van der Waals surface area (Å²) in [5.41, 5.74) is 6.79. The van der Waals surface area contributed by atoms with Crippen LogP contribution in [0.2, 0.25) is 5.02 Å². The zero-order valence-electron chi connectivity index (χ0n) is 13.4. The van der Waals surface area contributed by atoms with Gasteiger partial charge in [-0.2, -0.15) is 0 Å². The Labute approximate surface area is 142 Å². The first-order valence-corrected chi connectivity index (χ1v) is 8.49. The minimum atomic E-state index is 0.270. The number of nitrogens with one attached hydrogen (secondary N) is 1. The van der Waals surface area contributed by atoms with Crippen molar-refractivity contribution in [2.75, 3.05) is 5.32 Å². The molecule has 1 heterocycles. The first-order chi connectivity index (χ1) is 11.1. The van der Waals surface area contributed by atoms with Crippen molar-refractivity contribution in [1.82, 2.24) is 0 Å². The summed E-state index contributed by atoms with van der Waals surface area (Å²) in [7, 11) is 0. The fourth-order valence-electron chi connectivity index (χ4n) is 3.95. The Morgan fingerprint density at radius 1 is 1.00 bits per heavy atom. The molecule has 0 aromatic heterocycles. The fourth-order valence-corrected chi connectivity index (χ4v) is 4.08. The molecule has 1 N–H and O–H groups in total. The number of fused-ring (bicyclic) bond motifs is 3. The monoisotopic (exact) mass is 321 g/mol. The van der Waals surface area contributed by atoms with Crippen molar-refractivity contribution < 1.29 is 0 Å². The number of anilines is 1. The van der Waals surface area contributed by atoms with Crippen LogP contribution in [0.4, 0.5) is 5.69 Å². The third-order valence-corrected chi connectivity index (χ3v) is 5.28. The van der Waals surface area contributed by atoms with Crippen LogP contribution in [0.3, 0.4) is 0 Å². The molecule has 0 fully saturated rings. The molecule has 1 aliphatic carbocycles. The average molecular weight is 322 g/mol. The van der Waals surface area contributed by atoms with Gasteiger partial charge in [0.15, 0.2) is 0 Å². The molecule has 2 heteroatoms. The minimum Gasteiger partial charge on any atom is -0.377 e. The van der Waals surface area contributed by atoms with Gasteiger partial charge in [-0.05, 0) is 48.7 Å². The topological polar surface area (TPSA) is 12.0 Å². The highest BCUT2D eigenvalue weighted by Crippen LogP contribution is 2.52. The van der Waals surface area contributed by atoms with Gasteiger partial charge in [-0.3, -0.25) is 0 Å². The first-order valence-electron chi connectivity index (χ1n) is 8.11. The van der Waals surface area contributed by atoms with E-state index in [0.717, 1.165) is 5.02 Å². The molecule has 0 bridgehead atoms. The highest BCUT2D eigenvalue weighted by Gasteiger charge is 2.40. The van der Waals surface area contributed by atoms with Crippen molar-refractivity contribution in [3.8, 4) is 0 Å². The summed E-state index contributed by atoms with van der Waals surface area (Å²) in [6.07, 6.45) is 4.69. The van der Waals surface area contributed by atoms with Crippen LogP contribution >= 0.6 is 11.6 Å². The molecule has 1 aliphatic heterocycles. The molecule has 4 rings (SSSR count). The van der Waals surface area contributed by atoms with Crippen molar-refractivity contribution >= 4 is 17.3 Å². The molecular weight excluding hydrogens is 302 g/mol. The van der Waals surface area contributed by atoms with E-state index < -0.39 is 0 Å². The SMILES string of the molecule is CC(C)=C1C=CC2c3ccccc3NC(c3ccc(Cl)cc3)C12. The summed E-state index contributed by atoms with van der Waals surface area (Å²) >= 11 is 6.08. The molecule has 3 atom stereocenters. The molecule has 2 aliphatic rings. The standard InChI is InChI=1S/C21H20ClN/c1-13(2)16-11-12-18-17-5-3-4-6-19(17)23-21(20(16)18)14-7-9-15(22)10-8-14/h3-12,18,20-21,23H,1-2H3. The van der Waals surface area contributed by atoms with Crippen LogP contribution in [-0.2, 0) is 0 Å². The van der Waals surface area contributed by atoms with Crippen molar-refractivity contribution in [3.05, 3.63) is 88.0 Å². The van der Waals surface area contributed by atoms with Crippen LogP contribution in [0.5, 0.6) is 0 Å². The summed E-state index contributed by atoms with van der Waals surface area (Å²) in [6, 6.07) is 17.2. The second kappa shape index (κ2) is 5.58. The molecule has 116 valence electrons. The molecule has 2 aromatic carbocycles. The van der Waals surface area contributed by atoms with Crippen molar-refractivity contribution in [2.45, 2.75) is 25.8 Å². The fraction of sp³-hybridized carbons (Fsp3) is 0.238. The molecule has 0 saturated carbocycles. The summed E-state index contributed by atoms with van der Waals surface area (Å²) in [5, 5.41) is 4.56. The van der Waals surface area contributed by atoms with E-state index in [4.69, 9.17) is 11.6 Å². The van der Waals surface area contributed by atoms with Crippen LogP contribution in [0.1, 0.15) is 36.9 Å². The van der Waals surface area contributed by atoms with Crippen LogP contribution in [-0.4, -0.2) is 0 Å². The van der Waals surface area contributed by atoms with Gasteiger partial charge in [-0.15, -0.1) is 0 Å². The zero-order valence-corrected chi connectivity index (χ0v) is 14.1. The van der Waals surface area contributed by atoms with Gasteiger partial charge in [0.25, 0.3) is 0 Å². The summed E-state index contributed by atoms with van der Waals surface area (Å²) in [5.74, 6) is 0.883. The van der Waals surface area contributed by atoms with Crippen molar-refractivity contribution in [3.63, 3.8) is 0 Å². The predicted octanol–water partition coefficient (Wildman–Crippen LogP) is 6.11. The van der Waals surface area contributed by atoms with E-state index in [9.17, 15) is 0 Å². The highest BCUT2D eigenvalue weighted by molar-refractivity contribution is 6.30. The van der Waals surface area contributed by atoms with Crippen molar-refractivity contribution in [1.29, 1.82) is 0 Å². The van der Waals surface area contributed by atoms with E-state index in [1.165, 1.54) is 28.0 Å². The Balaban J connectivity index is 1.86. The van der Waals surface area contributed by atoms with E-state index in [1.54, 1.807) is 0 Å². The maximum absolute atomic E-state index is 6.08. The molecule has 0 radical (unpaired) electrons. The van der Waals surface area contributed by atoms with Gasteiger partial charge in [0, 0.05) is 22.5 Å². The molecule has 2 aromatic rings. The van der Waals surface area contributed by atoms with Crippen LogP contribution in [0, 0.1) is 5.92 Å².